The molecule has 0 spiro atoms. The van der Waals surface area contributed by atoms with Crippen LogP contribution in [0.5, 0.6) is 0 Å². The van der Waals surface area contributed by atoms with Gasteiger partial charge in [0.25, 0.3) is 0 Å². The largest absolute Gasteiger partial charge is 0.439 e. The maximum absolute atomic E-state index is 4.52. The van der Waals surface area contributed by atoms with E-state index in [2.05, 4.69) is 21.0 Å². The van der Waals surface area contributed by atoms with Gasteiger partial charge in [-0.2, -0.15) is 0 Å². The number of ether oxygens (including phenoxy) is 1. The van der Waals surface area contributed by atoms with Crippen molar-refractivity contribution in [3.63, 3.8) is 0 Å². The molecule has 0 N–H and O–H groups in total. The minimum Gasteiger partial charge on any atom is -0.439 e. The van der Waals surface area contributed by atoms with Crippen molar-refractivity contribution in [1.29, 1.82) is 0 Å². The van der Waals surface area contributed by atoms with Crippen molar-refractivity contribution in [2.24, 2.45) is 5.16 Å². The third kappa shape index (κ3) is 1.26. The average molecular weight is 98.1 g/mol. The van der Waals surface area contributed by atoms with Crippen molar-refractivity contribution >= 4 is 6.40 Å². The molecular formula is C4H4NO2. The summed E-state index contributed by atoms with van der Waals surface area (Å²) in [7, 11) is 0. The molecule has 1 heterocycles. The monoisotopic (exact) mass is 98.0 g/mol. The Kier molecular flexibility index (Phi) is 1.33. The molecule has 37 valence electrons. The Balaban J connectivity index is 2.38. The van der Waals surface area contributed by atoms with E-state index in [0.29, 0.717) is 6.61 Å². The number of nitrogens with zero attached hydrogens (tertiary/aromatic N) is 1. The fourth-order valence-electron chi connectivity index (χ4n) is 0.245. The summed E-state index contributed by atoms with van der Waals surface area (Å²) in [5, 5.41) is 3.33. The molecule has 0 bridgehead atoms. The van der Waals surface area contributed by atoms with E-state index >= 15 is 0 Å². The predicted octanol–water partition coefficient (Wildman–Crippen LogP) is 0.293. The molecule has 7 heavy (non-hydrogen) atoms. The lowest BCUT2D eigenvalue weighted by Crippen LogP contribution is -1.76. The van der Waals surface area contributed by atoms with E-state index in [0.717, 1.165) is 0 Å². The van der Waals surface area contributed by atoms with Gasteiger partial charge in [-0.3, -0.25) is 0 Å². The number of oxime groups is 1. The lowest BCUT2D eigenvalue weighted by atomic mass is 10.7. The van der Waals surface area contributed by atoms with Gasteiger partial charge in [0.15, 0.2) is 6.26 Å². The van der Waals surface area contributed by atoms with Crippen LogP contribution in [0.15, 0.2) is 11.2 Å². The molecule has 0 unspecified atom stereocenters. The van der Waals surface area contributed by atoms with Gasteiger partial charge in [-0.05, 0) is 0 Å². The van der Waals surface area contributed by atoms with E-state index in [9.17, 15) is 0 Å². The molecule has 3 heteroatoms. The van der Waals surface area contributed by atoms with Crippen molar-refractivity contribution in [3.05, 3.63) is 12.3 Å². The Morgan fingerprint density at radius 2 is 2.71 bits per heavy atom. The molecule has 0 saturated carbocycles. The van der Waals surface area contributed by atoms with Gasteiger partial charge in [-0.15, -0.1) is 0 Å². The summed E-state index contributed by atoms with van der Waals surface area (Å²) in [6, 6.07) is 0. The Bertz CT molecular complexity index is 85.9. The van der Waals surface area contributed by atoms with Crippen LogP contribution in [0, 0.1) is 6.26 Å². The van der Waals surface area contributed by atoms with Crippen molar-refractivity contribution in [2.45, 2.75) is 0 Å². The Morgan fingerprint density at radius 1 is 1.71 bits per heavy atom. The minimum atomic E-state index is 0.441. The van der Waals surface area contributed by atoms with Gasteiger partial charge in [0.1, 0.15) is 6.61 Å². The van der Waals surface area contributed by atoms with Gasteiger partial charge in [-0.1, -0.05) is 5.16 Å². The number of hydrogen-bond donors (Lipinski definition) is 0. The standard InChI is InChI=1S/C4H4NO2/c1-2-6-4-5-7-3-1/h1,4H,3H2. The van der Waals surface area contributed by atoms with Gasteiger partial charge in [0.05, 0.1) is 0 Å². The van der Waals surface area contributed by atoms with Crippen LogP contribution >= 0.6 is 0 Å². The normalized spacial score (nSPS) is 17.1. The Morgan fingerprint density at radius 3 is 3.71 bits per heavy atom. The van der Waals surface area contributed by atoms with E-state index in [4.69, 9.17) is 0 Å². The fraction of sp³-hybridized carbons (Fsp3) is 0.250. The van der Waals surface area contributed by atoms with E-state index in [1.807, 2.05) is 0 Å². The number of hydrogen-bond acceptors (Lipinski definition) is 3. The van der Waals surface area contributed by atoms with E-state index in [1.54, 1.807) is 6.08 Å². The first-order chi connectivity index (χ1) is 3.50. The zero-order valence-electron chi connectivity index (χ0n) is 3.63. The molecule has 1 radical (unpaired) electrons. The van der Waals surface area contributed by atoms with Gasteiger partial charge in [-0.25, -0.2) is 0 Å². The van der Waals surface area contributed by atoms with Crippen LogP contribution in [0.4, 0.5) is 0 Å². The maximum atomic E-state index is 4.52. The van der Waals surface area contributed by atoms with Crippen molar-refractivity contribution in [3.8, 4) is 0 Å². The maximum Gasteiger partial charge on any atom is 0.218 e. The molecule has 0 amide bonds. The molecule has 0 aromatic carbocycles. The molecule has 0 aliphatic carbocycles. The van der Waals surface area contributed by atoms with Crippen LogP contribution in [0.25, 0.3) is 0 Å². The van der Waals surface area contributed by atoms with E-state index in [1.165, 1.54) is 6.40 Å². The topological polar surface area (TPSA) is 30.8 Å². The molecule has 0 aromatic rings. The number of rotatable bonds is 0. The zero-order chi connectivity index (χ0) is 4.95. The summed E-state index contributed by atoms with van der Waals surface area (Å²) >= 11 is 0. The second kappa shape index (κ2) is 2.23. The van der Waals surface area contributed by atoms with Gasteiger partial charge < -0.3 is 9.57 Å². The minimum absolute atomic E-state index is 0.441. The summed E-state index contributed by atoms with van der Waals surface area (Å²) in [6.07, 6.45) is 5.24. The lowest BCUT2D eigenvalue weighted by molar-refractivity contribution is 0.175. The molecular weight excluding hydrogens is 94.0 g/mol. The summed E-state index contributed by atoms with van der Waals surface area (Å²) in [5.74, 6) is 0. The van der Waals surface area contributed by atoms with Gasteiger partial charge in [0, 0.05) is 6.08 Å². The molecule has 0 fully saturated rings. The third-order valence-electron chi connectivity index (χ3n) is 0.480. The SMILES string of the molecule is [C]1=CCON=CO1. The van der Waals surface area contributed by atoms with Gasteiger partial charge in [0.2, 0.25) is 6.40 Å². The third-order valence-corrected chi connectivity index (χ3v) is 0.480. The first-order valence-corrected chi connectivity index (χ1v) is 1.87. The van der Waals surface area contributed by atoms with Crippen LogP contribution in [-0.2, 0) is 9.57 Å². The van der Waals surface area contributed by atoms with Crippen LogP contribution in [0.1, 0.15) is 0 Å². The molecule has 1 aliphatic heterocycles. The van der Waals surface area contributed by atoms with Crippen molar-refractivity contribution in [1.82, 2.24) is 0 Å². The average Bonchev–Trinajstić information content (AvgIpc) is 1.90. The van der Waals surface area contributed by atoms with Crippen LogP contribution in [0.3, 0.4) is 0 Å². The second-order valence-electron chi connectivity index (χ2n) is 0.946. The molecule has 0 atom stereocenters. The summed E-state index contributed by atoms with van der Waals surface area (Å²) < 4.78 is 4.47. The van der Waals surface area contributed by atoms with Crippen LogP contribution in [-0.4, -0.2) is 13.0 Å². The first-order valence-electron chi connectivity index (χ1n) is 1.87. The van der Waals surface area contributed by atoms with Crippen molar-refractivity contribution in [2.75, 3.05) is 6.61 Å². The Hall–Kier alpha value is -0.990. The van der Waals surface area contributed by atoms with E-state index < -0.39 is 0 Å². The van der Waals surface area contributed by atoms with Gasteiger partial charge >= 0.3 is 0 Å². The quantitative estimate of drug-likeness (QED) is 0.436. The van der Waals surface area contributed by atoms with Crippen LogP contribution < -0.4 is 0 Å². The predicted molar refractivity (Wildman–Crippen MR) is 23.3 cm³/mol. The van der Waals surface area contributed by atoms with Crippen LogP contribution in [0.2, 0.25) is 0 Å². The lowest BCUT2D eigenvalue weighted by Gasteiger charge is -1.82. The second-order valence-corrected chi connectivity index (χ2v) is 0.946. The molecule has 3 nitrogen and oxygen atoms in total. The highest BCUT2D eigenvalue weighted by molar-refractivity contribution is 5.45. The molecule has 0 aromatic heterocycles. The van der Waals surface area contributed by atoms with E-state index in [-0.39, 0.29) is 0 Å². The fourth-order valence-corrected chi connectivity index (χ4v) is 0.245. The molecule has 0 saturated heterocycles. The smallest absolute Gasteiger partial charge is 0.218 e. The first kappa shape index (κ1) is 4.18. The highest BCUT2D eigenvalue weighted by atomic mass is 16.6. The van der Waals surface area contributed by atoms with Crippen molar-refractivity contribution < 1.29 is 9.57 Å². The zero-order valence-corrected chi connectivity index (χ0v) is 3.63. The Labute approximate surface area is 41.2 Å². The summed E-state index contributed by atoms with van der Waals surface area (Å²) in [6.45, 7) is 0.441. The molecule has 1 aliphatic rings. The summed E-state index contributed by atoms with van der Waals surface area (Å²) in [5.41, 5.74) is 0. The summed E-state index contributed by atoms with van der Waals surface area (Å²) in [4.78, 5) is 4.52. The molecule has 1 rings (SSSR count). The highest BCUT2D eigenvalue weighted by Gasteiger charge is 1.80. The highest BCUT2D eigenvalue weighted by Crippen LogP contribution is 1.82.